The van der Waals surface area contributed by atoms with Gasteiger partial charge in [0.25, 0.3) is 11.5 Å². The summed E-state index contributed by atoms with van der Waals surface area (Å²) >= 11 is 1.41. The smallest absolute Gasteiger partial charge is 0.258 e. The van der Waals surface area contributed by atoms with Crippen molar-refractivity contribution in [2.75, 3.05) is 5.32 Å². The van der Waals surface area contributed by atoms with Gasteiger partial charge in [-0.2, -0.15) is 0 Å². The molecule has 0 saturated carbocycles. The van der Waals surface area contributed by atoms with Crippen molar-refractivity contribution in [2.24, 2.45) is 0 Å². The molecule has 2 heterocycles. The molecule has 0 bridgehead atoms. The van der Waals surface area contributed by atoms with Crippen LogP contribution in [0.1, 0.15) is 27.2 Å². The molecule has 7 heteroatoms. The van der Waals surface area contributed by atoms with Crippen LogP contribution in [0.4, 0.5) is 5.69 Å². The highest BCUT2D eigenvalue weighted by Gasteiger charge is 2.11. The molecule has 4 rings (SSSR count). The van der Waals surface area contributed by atoms with Crippen molar-refractivity contribution in [3.8, 4) is 0 Å². The van der Waals surface area contributed by atoms with E-state index in [1.54, 1.807) is 12.3 Å². The third-order valence-corrected chi connectivity index (χ3v) is 5.32. The predicted molar refractivity (Wildman–Crippen MR) is 115 cm³/mol. The number of nitrogens with one attached hydrogen (secondary N) is 2. The molecule has 0 radical (unpaired) electrons. The third kappa shape index (κ3) is 4.35. The van der Waals surface area contributed by atoms with E-state index < -0.39 is 0 Å². The first-order valence-electron chi connectivity index (χ1n) is 9.22. The number of rotatable bonds is 6. The van der Waals surface area contributed by atoms with Gasteiger partial charge in [-0.15, -0.1) is 11.3 Å². The monoisotopic (exact) mass is 404 g/mol. The van der Waals surface area contributed by atoms with E-state index in [4.69, 9.17) is 0 Å². The molecule has 0 aliphatic carbocycles. The lowest BCUT2D eigenvalue weighted by Gasteiger charge is -2.12. The lowest BCUT2D eigenvalue weighted by Crippen LogP contribution is -2.24. The number of hydrogen-bond acceptors (Lipinski definition) is 5. The summed E-state index contributed by atoms with van der Waals surface area (Å²) in [6.07, 6.45) is 1.71. The first kappa shape index (κ1) is 18.9. The van der Waals surface area contributed by atoms with E-state index in [1.807, 2.05) is 54.8 Å². The molecular formula is C22H20N4O2S. The van der Waals surface area contributed by atoms with Crippen LogP contribution >= 0.6 is 11.3 Å². The van der Waals surface area contributed by atoms with Crippen molar-refractivity contribution in [2.45, 2.75) is 20.0 Å². The number of amides is 1. The minimum absolute atomic E-state index is 0.114. The molecule has 0 fully saturated rings. The minimum Gasteiger partial charge on any atom is -0.379 e. The van der Waals surface area contributed by atoms with Gasteiger partial charge in [0.15, 0.2) is 4.96 Å². The number of para-hydroxylation sites is 1. The Morgan fingerprint density at radius 1 is 1.10 bits per heavy atom. The number of carbonyl (C=O) groups excluding carboxylic acids is 1. The van der Waals surface area contributed by atoms with Crippen LogP contribution in [-0.2, 0) is 13.1 Å². The average Bonchev–Trinajstić information content (AvgIpc) is 3.21. The van der Waals surface area contributed by atoms with Crippen LogP contribution in [0.3, 0.4) is 0 Å². The molecule has 0 atom stereocenters. The SMILES string of the molecule is Cc1ccc(CNC(=O)c2ccccc2NCc2cc(=O)n3ccsc3n2)cc1. The molecular weight excluding hydrogens is 384 g/mol. The Morgan fingerprint density at radius 2 is 1.90 bits per heavy atom. The zero-order valence-electron chi connectivity index (χ0n) is 15.9. The third-order valence-electron chi connectivity index (χ3n) is 4.56. The summed E-state index contributed by atoms with van der Waals surface area (Å²) in [6, 6.07) is 16.9. The quantitative estimate of drug-likeness (QED) is 0.515. The lowest BCUT2D eigenvalue weighted by atomic mass is 10.1. The van der Waals surface area contributed by atoms with Gasteiger partial charge in [0, 0.05) is 29.9 Å². The van der Waals surface area contributed by atoms with Crippen LogP contribution in [0.15, 0.2) is 71.0 Å². The van der Waals surface area contributed by atoms with E-state index >= 15 is 0 Å². The number of benzene rings is 2. The highest BCUT2D eigenvalue weighted by Crippen LogP contribution is 2.16. The Balaban J connectivity index is 1.46. The zero-order valence-corrected chi connectivity index (χ0v) is 16.7. The Bertz CT molecular complexity index is 1210. The summed E-state index contributed by atoms with van der Waals surface area (Å²) in [5, 5.41) is 8.02. The maximum atomic E-state index is 12.7. The number of aromatic nitrogens is 2. The average molecular weight is 404 g/mol. The van der Waals surface area contributed by atoms with Crippen LogP contribution in [0, 0.1) is 6.92 Å². The summed E-state index contributed by atoms with van der Waals surface area (Å²) < 4.78 is 1.51. The summed E-state index contributed by atoms with van der Waals surface area (Å²) in [4.78, 5) is 30.0. The van der Waals surface area contributed by atoms with Crippen LogP contribution in [0.5, 0.6) is 0 Å². The number of carbonyl (C=O) groups is 1. The van der Waals surface area contributed by atoms with Gasteiger partial charge in [-0.3, -0.25) is 14.0 Å². The van der Waals surface area contributed by atoms with Gasteiger partial charge in [0.2, 0.25) is 0 Å². The first-order valence-corrected chi connectivity index (χ1v) is 10.1. The molecule has 0 unspecified atom stereocenters. The highest BCUT2D eigenvalue weighted by atomic mass is 32.1. The maximum Gasteiger partial charge on any atom is 0.258 e. The van der Waals surface area contributed by atoms with E-state index in [0.29, 0.717) is 35.0 Å². The summed E-state index contributed by atoms with van der Waals surface area (Å²) in [5.41, 5.74) is 3.99. The fourth-order valence-corrected chi connectivity index (χ4v) is 3.72. The lowest BCUT2D eigenvalue weighted by molar-refractivity contribution is 0.0951. The fourth-order valence-electron chi connectivity index (χ4n) is 2.98. The second-order valence-corrected chi connectivity index (χ2v) is 7.58. The fraction of sp³-hybridized carbons (Fsp3) is 0.136. The first-order chi connectivity index (χ1) is 14.1. The van der Waals surface area contributed by atoms with Crippen molar-refractivity contribution >= 4 is 27.9 Å². The zero-order chi connectivity index (χ0) is 20.2. The molecule has 29 heavy (non-hydrogen) atoms. The molecule has 1 amide bonds. The Morgan fingerprint density at radius 3 is 2.72 bits per heavy atom. The number of thiazole rings is 1. The molecule has 4 aromatic rings. The molecule has 0 spiro atoms. The predicted octanol–water partition coefficient (Wildman–Crippen LogP) is 3.61. The van der Waals surface area contributed by atoms with Gasteiger partial charge in [0.1, 0.15) is 0 Å². The van der Waals surface area contributed by atoms with Crippen LogP contribution < -0.4 is 16.2 Å². The molecule has 146 valence electrons. The van der Waals surface area contributed by atoms with Gasteiger partial charge >= 0.3 is 0 Å². The van der Waals surface area contributed by atoms with E-state index in [0.717, 1.165) is 5.56 Å². The van der Waals surface area contributed by atoms with Crippen LogP contribution in [0.2, 0.25) is 0 Å². The van der Waals surface area contributed by atoms with Gasteiger partial charge < -0.3 is 10.6 Å². The highest BCUT2D eigenvalue weighted by molar-refractivity contribution is 7.15. The van der Waals surface area contributed by atoms with Gasteiger partial charge in [-0.1, -0.05) is 42.0 Å². The second kappa shape index (κ2) is 8.28. The molecule has 2 aromatic heterocycles. The second-order valence-electron chi connectivity index (χ2n) is 6.71. The maximum absolute atomic E-state index is 12.7. The van der Waals surface area contributed by atoms with Crippen molar-refractivity contribution in [1.82, 2.24) is 14.7 Å². The minimum atomic E-state index is -0.157. The number of nitrogens with zero attached hydrogens (tertiary/aromatic N) is 2. The van der Waals surface area contributed by atoms with Crippen molar-refractivity contribution in [1.29, 1.82) is 0 Å². The van der Waals surface area contributed by atoms with Gasteiger partial charge in [-0.05, 0) is 24.6 Å². The van der Waals surface area contributed by atoms with Crippen molar-refractivity contribution < 1.29 is 4.79 Å². The topological polar surface area (TPSA) is 75.5 Å². The Hall–Kier alpha value is -3.45. The largest absolute Gasteiger partial charge is 0.379 e. The number of anilines is 1. The summed E-state index contributed by atoms with van der Waals surface area (Å²) in [7, 11) is 0. The molecule has 6 nitrogen and oxygen atoms in total. The number of fused-ring (bicyclic) bond motifs is 1. The van der Waals surface area contributed by atoms with Gasteiger partial charge in [0.05, 0.1) is 17.8 Å². The van der Waals surface area contributed by atoms with Crippen molar-refractivity contribution in [3.63, 3.8) is 0 Å². The van der Waals surface area contributed by atoms with E-state index in [2.05, 4.69) is 15.6 Å². The number of hydrogen-bond donors (Lipinski definition) is 2. The van der Waals surface area contributed by atoms with E-state index in [9.17, 15) is 9.59 Å². The summed E-state index contributed by atoms with van der Waals surface area (Å²) in [6.45, 7) is 2.84. The standard InChI is InChI=1S/C22H20N4O2S/c1-15-6-8-16(9-7-15)13-24-21(28)18-4-2-3-5-19(18)23-14-17-12-20(27)26-10-11-29-22(26)25-17/h2-12,23H,13-14H2,1H3,(H,24,28). The summed E-state index contributed by atoms with van der Waals surface area (Å²) in [5.74, 6) is -0.157. The van der Waals surface area contributed by atoms with Crippen molar-refractivity contribution in [3.05, 3.63) is 98.9 Å². The normalized spacial score (nSPS) is 10.8. The van der Waals surface area contributed by atoms with E-state index in [-0.39, 0.29) is 11.5 Å². The van der Waals surface area contributed by atoms with Crippen LogP contribution in [0.25, 0.3) is 4.96 Å². The molecule has 0 saturated heterocycles. The molecule has 0 aliphatic rings. The van der Waals surface area contributed by atoms with Gasteiger partial charge in [-0.25, -0.2) is 4.98 Å². The number of aryl methyl sites for hydroxylation is 1. The Labute approximate surface area is 171 Å². The molecule has 2 aromatic carbocycles. The molecule has 2 N–H and O–H groups in total. The Kier molecular flexibility index (Phi) is 5.39. The molecule has 0 aliphatic heterocycles. The van der Waals surface area contributed by atoms with Crippen LogP contribution in [-0.4, -0.2) is 15.3 Å². The van der Waals surface area contributed by atoms with E-state index in [1.165, 1.54) is 27.4 Å².